The van der Waals surface area contributed by atoms with Gasteiger partial charge in [-0.15, -0.1) is 11.8 Å². The monoisotopic (exact) mass is 286 g/mol. The van der Waals surface area contributed by atoms with Crippen LogP contribution in [0.1, 0.15) is 12.8 Å². The first kappa shape index (κ1) is 11.5. The highest BCUT2D eigenvalue weighted by atomic mass is 79.9. The van der Waals surface area contributed by atoms with Gasteiger partial charge < -0.3 is 0 Å². The van der Waals surface area contributed by atoms with Crippen LogP contribution in [-0.4, -0.2) is 11.8 Å². The second-order valence-corrected chi connectivity index (χ2v) is 5.88. The molecule has 3 N–H and O–H groups in total. The molecule has 0 heterocycles. The van der Waals surface area contributed by atoms with Crippen molar-refractivity contribution in [2.24, 2.45) is 11.8 Å². The molecular formula is C11H15BrN2S. The predicted octanol–water partition coefficient (Wildman–Crippen LogP) is 2.78. The molecule has 4 heteroatoms. The van der Waals surface area contributed by atoms with Crippen molar-refractivity contribution < 1.29 is 0 Å². The Morgan fingerprint density at radius 2 is 2.07 bits per heavy atom. The zero-order chi connectivity index (χ0) is 10.7. The molecule has 1 aromatic carbocycles. The van der Waals surface area contributed by atoms with E-state index < -0.39 is 0 Å². The van der Waals surface area contributed by atoms with Gasteiger partial charge in [0.1, 0.15) is 0 Å². The van der Waals surface area contributed by atoms with Crippen LogP contribution in [0, 0.1) is 5.92 Å². The number of rotatable bonds is 5. The Morgan fingerprint density at radius 1 is 1.40 bits per heavy atom. The Balaban J connectivity index is 1.83. The van der Waals surface area contributed by atoms with Crippen molar-refractivity contribution >= 4 is 27.7 Å². The van der Waals surface area contributed by atoms with E-state index in [4.69, 9.17) is 5.84 Å². The third kappa shape index (κ3) is 3.48. The lowest BCUT2D eigenvalue weighted by atomic mass is 10.2. The summed E-state index contributed by atoms with van der Waals surface area (Å²) in [6.45, 7) is 0. The zero-order valence-electron chi connectivity index (χ0n) is 8.45. The number of nitrogens with one attached hydrogen (secondary N) is 1. The van der Waals surface area contributed by atoms with Crippen molar-refractivity contribution in [1.82, 2.24) is 5.43 Å². The first-order valence-corrected chi connectivity index (χ1v) is 6.92. The van der Waals surface area contributed by atoms with Gasteiger partial charge in [-0.3, -0.25) is 11.3 Å². The largest absolute Gasteiger partial charge is 0.271 e. The summed E-state index contributed by atoms with van der Waals surface area (Å²) in [6, 6.07) is 8.89. The molecule has 1 fully saturated rings. The van der Waals surface area contributed by atoms with E-state index in [0.717, 1.165) is 16.1 Å². The van der Waals surface area contributed by atoms with Crippen LogP contribution >= 0.6 is 27.7 Å². The minimum Gasteiger partial charge on any atom is -0.271 e. The van der Waals surface area contributed by atoms with Gasteiger partial charge in [-0.05, 0) is 43.0 Å². The van der Waals surface area contributed by atoms with Crippen molar-refractivity contribution in [2.45, 2.75) is 23.8 Å². The van der Waals surface area contributed by atoms with E-state index in [1.807, 2.05) is 11.8 Å². The van der Waals surface area contributed by atoms with Gasteiger partial charge in [0, 0.05) is 21.2 Å². The van der Waals surface area contributed by atoms with E-state index in [1.54, 1.807) is 0 Å². The molecule has 1 aliphatic rings. The van der Waals surface area contributed by atoms with Gasteiger partial charge in [0.05, 0.1) is 0 Å². The molecule has 1 atom stereocenters. The van der Waals surface area contributed by atoms with Crippen LogP contribution in [0.3, 0.4) is 0 Å². The van der Waals surface area contributed by atoms with E-state index in [0.29, 0.717) is 6.04 Å². The summed E-state index contributed by atoms with van der Waals surface area (Å²) in [7, 11) is 0. The maximum atomic E-state index is 5.53. The fourth-order valence-electron chi connectivity index (χ4n) is 1.54. The van der Waals surface area contributed by atoms with Gasteiger partial charge >= 0.3 is 0 Å². The summed E-state index contributed by atoms with van der Waals surface area (Å²) in [5.74, 6) is 7.39. The topological polar surface area (TPSA) is 38.0 Å². The van der Waals surface area contributed by atoms with Crippen LogP contribution in [0.5, 0.6) is 0 Å². The average Bonchev–Trinajstić information content (AvgIpc) is 3.06. The molecule has 1 aromatic rings. The van der Waals surface area contributed by atoms with Gasteiger partial charge in [0.25, 0.3) is 0 Å². The number of thioether (sulfide) groups is 1. The summed E-state index contributed by atoms with van der Waals surface area (Å²) in [5, 5.41) is 0. The van der Waals surface area contributed by atoms with Crippen molar-refractivity contribution in [2.75, 3.05) is 5.75 Å². The summed E-state index contributed by atoms with van der Waals surface area (Å²) >= 11 is 5.30. The lowest BCUT2D eigenvalue weighted by molar-refractivity contribution is 0.520. The first-order valence-electron chi connectivity index (χ1n) is 5.14. The van der Waals surface area contributed by atoms with Crippen molar-refractivity contribution in [1.29, 1.82) is 0 Å². The van der Waals surface area contributed by atoms with E-state index in [-0.39, 0.29) is 0 Å². The Kier molecular flexibility index (Phi) is 4.08. The molecule has 1 aliphatic carbocycles. The zero-order valence-corrected chi connectivity index (χ0v) is 10.9. The van der Waals surface area contributed by atoms with E-state index in [2.05, 4.69) is 45.6 Å². The number of hydrogen-bond donors (Lipinski definition) is 2. The van der Waals surface area contributed by atoms with Gasteiger partial charge in [0.2, 0.25) is 0 Å². The third-order valence-electron chi connectivity index (χ3n) is 2.65. The predicted molar refractivity (Wildman–Crippen MR) is 68.7 cm³/mol. The molecule has 0 aromatic heterocycles. The summed E-state index contributed by atoms with van der Waals surface area (Å²) < 4.78 is 1.13. The molecule has 0 saturated heterocycles. The fraction of sp³-hybridized carbons (Fsp3) is 0.455. The van der Waals surface area contributed by atoms with E-state index in [1.165, 1.54) is 17.7 Å². The van der Waals surface area contributed by atoms with Gasteiger partial charge in [-0.2, -0.15) is 0 Å². The Morgan fingerprint density at radius 3 is 2.60 bits per heavy atom. The highest BCUT2D eigenvalue weighted by Crippen LogP contribution is 2.34. The molecular weight excluding hydrogens is 272 g/mol. The van der Waals surface area contributed by atoms with E-state index in [9.17, 15) is 0 Å². The number of benzene rings is 1. The normalized spacial score (nSPS) is 17.7. The van der Waals surface area contributed by atoms with Crippen LogP contribution in [0.2, 0.25) is 0 Å². The lowest BCUT2D eigenvalue weighted by Crippen LogP contribution is -2.38. The maximum Gasteiger partial charge on any atom is 0.0332 e. The third-order valence-corrected chi connectivity index (χ3v) is 4.31. The molecule has 0 radical (unpaired) electrons. The minimum atomic E-state index is 0.471. The Bertz CT molecular complexity index is 311. The molecule has 1 unspecified atom stereocenters. The average molecular weight is 287 g/mol. The molecule has 15 heavy (non-hydrogen) atoms. The molecule has 1 saturated carbocycles. The molecule has 2 nitrogen and oxygen atoms in total. The smallest absolute Gasteiger partial charge is 0.0332 e. The Hall–Kier alpha value is -0.0300. The van der Waals surface area contributed by atoms with Crippen molar-refractivity contribution in [3.63, 3.8) is 0 Å². The van der Waals surface area contributed by atoms with Crippen molar-refractivity contribution in [3.8, 4) is 0 Å². The highest BCUT2D eigenvalue weighted by Gasteiger charge is 2.30. The van der Waals surface area contributed by atoms with Gasteiger partial charge in [-0.1, -0.05) is 15.9 Å². The Labute approximate surface area is 103 Å². The number of hydrazine groups is 1. The van der Waals surface area contributed by atoms with E-state index >= 15 is 0 Å². The molecule has 0 aliphatic heterocycles. The molecule has 2 rings (SSSR count). The van der Waals surface area contributed by atoms with Crippen LogP contribution in [0.4, 0.5) is 0 Å². The molecule has 82 valence electrons. The number of hydrogen-bond acceptors (Lipinski definition) is 3. The maximum absolute atomic E-state index is 5.53. The standard InChI is InChI=1S/C11H15BrN2S/c12-9-3-5-10(6-4-9)15-7-11(14-13)8-1-2-8/h3-6,8,11,14H,1-2,7,13H2. The summed E-state index contributed by atoms with van der Waals surface area (Å²) in [4.78, 5) is 1.30. The molecule has 0 spiro atoms. The van der Waals surface area contributed by atoms with Crippen molar-refractivity contribution in [3.05, 3.63) is 28.7 Å². The van der Waals surface area contributed by atoms with Crippen LogP contribution in [0.25, 0.3) is 0 Å². The minimum absolute atomic E-state index is 0.471. The van der Waals surface area contributed by atoms with Crippen LogP contribution in [-0.2, 0) is 0 Å². The quantitative estimate of drug-likeness (QED) is 0.497. The second kappa shape index (κ2) is 5.34. The number of halogens is 1. The lowest BCUT2D eigenvalue weighted by Gasteiger charge is -2.14. The first-order chi connectivity index (χ1) is 7.29. The fourth-order valence-corrected chi connectivity index (χ4v) is 2.87. The van der Waals surface area contributed by atoms with Crippen LogP contribution < -0.4 is 11.3 Å². The second-order valence-electron chi connectivity index (χ2n) is 3.88. The van der Waals surface area contributed by atoms with Gasteiger partial charge in [0.15, 0.2) is 0 Å². The van der Waals surface area contributed by atoms with Crippen LogP contribution in [0.15, 0.2) is 33.6 Å². The SMILES string of the molecule is NNC(CSc1ccc(Br)cc1)C1CC1. The van der Waals surface area contributed by atoms with Gasteiger partial charge in [-0.25, -0.2) is 0 Å². The summed E-state index contributed by atoms with van der Waals surface area (Å²) in [5.41, 5.74) is 2.92. The summed E-state index contributed by atoms with van der Waals surface area (Å²) in [6.07, 6.45) is 2.66. The molecule has 0 bridgehead atoms. The molecule has 0 amide bonds. The number of nitrogens with two attached hydrogens (primary N) is 1. The highest BCUT2D eigenvalue weighted by molar-refractivity contribution is 9.10.